The molecular weight excluding hydrogens is 245 g/mol. The molecule has 0 radical (unpaired) electrons. The highest BCUT2D eigenvalue weighted by molar-refractivity contribution is 5.80. The third-order valence-electron chi connectivity index (χ3n) is 2.70. The third kappa shape index (κ3) is 2.81. The van der Waals surface area contributed by atoms with E-state index in [-0.39, 0.29) is 18.1 Å². The van der Waals surface area contributed by atoms with Crippen LogP contribution in [0.1, 0.15) is 11.1 Å². The zero-order chi connectivity index (χ0) is 13.2. The normalized spacial score (nSPS) is 19.6. The first-order valence-electron chi connectivity index (χ1n) is 5.56. The molecule has 1 aromatic rings. The Morgan fingerprint density at radius 3 is 2.67 bits per heavy atom. The molecule has 3 nitrogen and oxygen atoms in total. The van der Waals surface area contributed by atoms with Crippen LogP contribution < -0.4 is 5.73 Å². The fourth-order valence-corrected chi connectivity index (χ4v) is 1.80. The molecule has 0 saturated carbocycles. The van der Waals surface area contributed by atoms with E-state index in [1.54, 1.807) is 6.07 Å². The lowest BCUT2D eigenvalue weighted by Gasteiger charge is -2.13. The van der Waals surface area contributed by atoms with Crippen molar-refractivity contribution in [2.75, 3.05) is 13.1 Å². The van der Waals surface area contributed by atoms with Gasteiger partial charge in [-0.3, -0.25) is 4.99 Å². The van der Waals surface area contributed by atoms with Gasteiger partial charge in [-0.1, -0.05) is 18.2 Å². The lowest BCUT2D eigenvalue weighted by atomic mass is 10.0. The Kier molecular flexibility index (Phi) is 3.56. The number of hydrogen-bond donors (Lipinski definition) is 1. The highest BCUT2D eigenvalue weighted by Crippen LogP contribution is 2.32. The van der Waals surface area contributed by atoms with E-state index in [4.69, 9.17) is 10.5 Å². The molecule has 1 aliphatic rings. The molecule has 1 aromatic carbocycles. The second kappa shape index (κ2) is 4.97. The molecule has 18 heavy (non-hydrogen) atoms. The summed E-state index contributed by atoms with van der Waals surface area (Å²) in [7, 11) is 0. The number of benzene rings is 1. The van der Waals surface area contributed by atoms with E-state index >= 15 is 0 Å². The summed E-state index contributed by atoms with van der Waals surface area (Å²) in [5.74, 6) is 0.321. The summed E-state index contributed by atoms with van der Waals surface area (Å²) < 4.78 is 43.6. The third-order valence-corrected chi connectivity index (χ3v) is 2.70. The van der Waals surface area contributed by atoms with Crippen LogP contribution in [0.3, 0.4) is 0 Å². The summed E-state index contributed by atoms with van der Waals surface area (Å²) in [5.41, 5.74) is 4.93. The van der Waals surface area contributed by atoms with Gasteiger partial charge in [-0.2, -0.15) is 13.2 Å². The van der Waals surface area contributed by atoms with E-state index in [0.717, 1.165) is 6.07 Å². The molecule has 98 valence electrons. The summed E-state index contributed by atoms with van der Waals surface area (Å²) >= 11 is 0. The molecule has 2 N–H and O–H groups in total. The average Bonchev–Trinajstić information content (AvgIpc) is 2.76. The lowest BCUT2D eigenvalue weighted by Crippen LogP contribution is -2.24. The van der Waals surface area contributed by atoms with Gasteiger partial charge in [-0.25, -0.2) is 0 Å². The van der Waals surface area contributed by atoms with E-state index < -0.39 is 11.7 Å². The number of hydrogen-bond acceptors (Lipinski definition) is 3. The average molecular weight is 258 g/mol. The van der Waals surface area contributed by atoms with Gasteiger partial charge in [0.15, 0.2) is 5.90 Å². The molecular formula is C12H13F3N2O. The Balaban J connectivity index is 2.16. The summed E-state index contributed by atoms with van der Waals surface area (Å²) in [6, 6.07) is 5.43. The molecule has 0 bridgehead atoms. The molecule has 0 aliphatic carbocycles. The highest BCUT2D eigenvalue weighted by Gasteiger charge is 2.33. The molecule has 1 heterocycles. The van der Waals surface area contributed by atoms with Crippen LogP contribution >= 0.6 is 0 Å². The highest BCUT2D eigenvalue weighted by atomic mass is 19.4. The van der Waals surface area contributed by atoms with Crippen molar-refractivity contribution in [2.45, 2.75) is 18.7 Å². The zero-order valence-corrected chi connectivity index (χ0v) is 9.57. The maximum Gasteiger partial charge on any atom is 0.416 e. The summed E-state index contributed by atoms with van der Waals surface area (Å²) in [4.78, 5) is 4.05. The number of alkyl halides is 3. The van der Waals surface area contributed by atoms with Crippen LogP contribution in [0, 0.1) is 0 Å². The quantitative estimate of drug-likeness (QED) is 0.901. The van der Waals surface area contributed by atoms with Gasteiger partial charge in [0.2, 0.25) is 0 Å². The molecule has 0 amide bonds. The van der Waals surface area contributed by atoms with Gasteiger partial charge in [0.05, 0.1) is 12.1 Å². The molecule has 1 unspecified atom stereocenters. The first-order valence-corrected chi connectivity index (χ1v) is 5.56. The van der Waals surface area contributed by atoms with E-state index in [1.807, 2.05) is 0 Å². The van der Waals surface area contributed by atoms with Crippen molar-refractivity contribution in [2.24, 2.45) is 10.7 Å². The molecule has 0 aromatic heterocycles. The topological polar surface area (TPSA) is 47.6 Å². The fraction of sp³-hybridized carbons (Fsp3) is 0.417. The number of halogens is 3. The van der Waals surface area contributed by atoms with Crippen molar-refractivity contribution < 1.29 is 17.9 Å². The lowest BCUT2D eigenvalue weighted by molar-refractivity contribution is -0.138. The van der Waals surface area contributed by atoms with Crippen LogP contribution in [-0.4, -0.2) is 25.1 Å². The molecule has 0 fully saturated rings. The largest absolute Gasteiger partial charge is 0.474 e. The Morgan fingerprint density at radius 1 is 1.33 bits per heavy atom. The van der Waals surface area contributed by atoms with Gasteiger partial charge in [0.1, 0.15) is 6.10 Å². The second-order valence-electron chi connectivity index (χ2n) is 4.04. The van der Waals surface area contributed by atoms with Crippen molar-refractivity contribution in [3.8, 4) is 0 Å². The van der Waals surface area contributed by atoms with Gasteiger partial charge in [0.25, 0.3) is 0 Å². The maximum atomic E-state index is 12.8. The fourth-order valence-electron chi connectivity index (χ4n) is 1.80. The number of ether oxygens (including phenoxy) is 1. The summed E-state index contributed by atoms with van der Waals surface area (Å²) in [5, 5.41) is 0. The Hall–Kier alpha value is -1.56. The van der Waals surface area contributed by atoms with Crippen LogP contribution in [0.5, 0.6) is 0 Å². The zero-order valence-electron chi connectivity index (χ0n) is 9.57. The molecule has 0 spiro atoms. The number of nitrogens with zero attached hydrogens (tertiary/aromatic N) is 1. The number of rotatable bonds is 3. The number of aliphatic imine (C=N–C) groups is 1. The Bertz CT molecular complexity index is 457. The predicted octanol–water partition coefficient (Wildman–Crippen LogP) is 2.00. The maximum absolute atomic E-state index is 12.8. The molecule has 6 heteroatoms. The van der Waals surface area contributed by atoms with Crippen molar-refractivity contribution in [1.29, 1.82) is 0 Å². The molecule has 2 rings (SSSR count). The van der Waals surface area contributed by atoms with Crippen LogP contribution in [0.4, 0.5) is 13.2 Å². The standard InChI is InChI=1S/C12H13F3N2O/c13-12(14,15)10-4-2-1-3-8(10)5-11-17-7-9(6-16)18-11/h1-4,9H,5-7,16H2. The van der Waals surface area contributed by atoms with Crippen LogP contribution in [-0.2, 0) is 17.3 Å². The van der Waals surface area contributed by atoms with Crippen LogP contribution in [0.15, 0.2) is 29.3 Å². The van der Waals surface area contributed by atoms with E-state index in [0.29, 0.717) is 19.0 Å². The van der Waals surface area contributed by atoms with E-state index in [2.05, 4.69) is 4.99 Å². The van der Waals surface area contributed by atoms with Crippen molar-refractivity contribution in [3.63, 3.8) is 0 Å². The Morgan fingerprint density at radius 2 is 2.06 bits per heavy atom. The minimum absolute atomic E-state index is 0.0478. The van der Waals surface area contributed by atoms with Crippen LogP contribution in [0.2, 0.25) is 0 Å². The predicted molar refractivity (Wildman–Crippen MR) is 61.4 cm³/mol. The molecule has 0 saturated heterocycles. The monoisotopic (exact) mass is 258 g/mol. The molecule has 1 aliphatic heterocycles. The first-order chi connectivity index (χ1) is 8.50. The van der Waals surface area contributed by atoms with E-state index in [9.17, 15) is 13.2 Å². The van der Waals surface area contributed by atoms with Crippen molar-refractivity contribution >= 4 is 5.90 Å². The van der Waals surface area contributed by atoms with Gasteiger partial charge in [0, 0.05) is 13.0 Å². The minimum atomic E-state index is -4.36. The SMILES string of the molecule is NCC1CN=C(Cc2ccccc2C(F)(F)F)O1. The van der Waals surface area contributed by atoms with Gasteiger partial charge in [-0.15, -0.1) is 0 Å². The van der Waals surface area contributed by atoms with Crippen molar-refractivity contribution in [3.05, 3.63) is 35.4 Å². The first kappa shape index (κ1) is 12.9. The van der Waals surface area contributed by atoms with E-state index in [1.165, 1.54) is 12.1 Å². The second-order valence-corrected chi connectivity index (χ2v) is 4.04. The minimum Gasteiger partial charge on any atom is -0.474 e. The number of nitrogens with two attached hydrogens (primary N) is 1. The summed E-state index contributed by atoms with van der Waals surface area (Å²) in [6.07, 6.45) is -4.52. The van der Waals surface area contributed by atoms with Crippen molar-refractivity contribution in [1.82, 2.24) is 0 Å². The Labute approximate surface area is 102 Å². The van der Waals surface area contributed by atoms with Gasteiger partial charge < -0.3 is 10.5 Å². The van der Waals surface area contributed by atoms with Gasteiger partial charge >= 0.3 is 6.18 Å². The van der Waals surface area contributed by atoms with Gasteiger partial charge in [-0.05, 0) is 11.6 Å². The van der Waals surface area contributed by atoms with Crippen LogP contribution in [0.25, 0.3) is 0 Å². The molecule has 1 atom stereocenters. The smallest absolute Gasteiger partial charge is 0.416 e. The summed E-state index contributed by atoms with van der Waals surface area (Å²) in [6.45, 7) is 0.730.